The summed E-state index contributed by atoms with van der Waals surface area (Å²) in [4.78, 5) is 20.0. The van der Waals surface area contributed by atoms with E-state index < -0.39 is 42.8 Å². The molecular formula is C18H15F6N3O4. The Morgan fingerprint density at radius 1 is 1.10 bits per heavy atom. The molecule has 31 heavy (non-hydrogen) atoms. The zero-order valence-corrected chi connectivity index (χ0v) is 15.5. The molecule has 7 nitrogen and oxygen atoms in total. The zero-order valence-electron chi connectivity index (χ0n) is 15.5. The SMILES string of the molecule is O=C(O)c1cnc(N2C[C@H](Oc3ccc(C(F)(F)F)cc3)C[C@H]2COC(F)(F)F)nc1. The Kier molecular flexibility index (Phi) is 6.25. The van der Waals surface area contributed by atoms with Gasteiger partial charge in [-0.3, -0.25) is 4.74 Å². The van der Waals surface area contributed by atoms with Crippen molar-refractivity contribution in [3.63, 3.8) is 0 Å². The number of alkyl halides is 6. The van der Waals surface area contributed by atoms with Crippen molar-refractivity contribution in [1.82, 2.24) is 9.97 Å². The highest BCUT2D eigenvalue weighted by Crippen LogP contribution is 2.32. The lowest BCUT2D eigenvalue weighted by atomic mass is 10.2. The van der Waals surface area contributed by atoms with Crippen LogP contribution in [0.2, 0.25) is 0 Å². The number of benzene rings is 1. The normalized spacial score (nSPS) is 19.5. The minimum absolute atomic E-state index is 0.0132. The summed E-state index contributed by atoms with van der Waals surface area (Å²) in [5.74, 6) is -1.19. The summed E-state index contributed by atoms with van der Waals surface area (Å²) in [5, 5.41) is 8.91. The Morgan fingerprint density at radius 3 is 2.23 bits per heavy atom. The number of nitrogens with zero attached hydrogens (tertiary/aromatic N) is 3. The molecule has 2 heterocycles. The number of ether oxygens (including phenoxy) is 2. The van der Waals surface area contributed by atoms with Gasteiger partial charge in [-0.15, -0.1) is 13.2 Å². The Labute approximate surface area is 171 Å². The molecule has 2 atom stereocenters. The highest BCUT2D eigenvalue weighted by Gasteiger charge is 2.39. The molecule has 13 heteroatoms. The molecule has 1 aromatic carbocycles. The average molecular weight is 451 g/mol. The maximum absolute atomic E-state index is 12.7. The van der Waals surface area contributed by atoms with Crippen molar-refractivity contribution in [2.24, 2.45) is 0 Å². The standard InChI is InChI=1S/C18H15F6N3O4/c19-17(20,21)11-1-3-13(4-2-11)31-14-5-12(9-30-18(22,23)24)27(8-14)16-25-6-10(7-26-16)15(28)29/h1-4,6-7,12,14H,5,8-9H2,(H,28,29)/t12-,14+/m0/s1. The van der Waals surface area contributed by atoms with Crippen molar-refractivity contribution in [2.45, 2.75) is 31.1 Å². The molecule has 0 unspecified atom stereocenters. The first-order chi connectivity index (χ1) is 14.4. The summed E-state index contributed by atoms with van der Waals surface area (Å²) < 4.78 is 85.0. The number of carboxylic acids is 1. The van der Waals surface area contributed by atoms with Gasteiger partial charge in [-0.1, -0.05) is 0 Å². The van der Waals surface area contributed by atoms with E-state index in [1.165, 1.54) is 4.90 Å². The number of rotatable bonds is 6. The van der Waals surface area contributed by atoms with Crippen LogP contribution in [-0.2, 0) is 10.9 Å². The highest BCUT2D eigenvalue weighted by atomic mass is 19.4. The lowest BCUT2D eigenvalue weighted by molar-refractivity contribution is -0.325. The molecule has 2 aromatic rings. The number of aromatic nitrogens is 2. The van der Waals surface area contributed by atoms with E-state index in [0.29, 0.717) is 0 Å². The van der Waals surface area contributed by atoms with Gasteiger partial charge < -0.3 is 14.7 Å². The predicted octanol–water partition coefficient (Wildman–Crippen LogP) is 3.76. The molecule has 1 fully saturated rings. The molecule has 0 spiro atoms. The molecule has 1 aromatic heterocycles. The number of anilines is 1. The molecule has 1 N–H and O–H groups in total. The van der Waals surface area contributed by atoms with Crippen molar-refractivity contribution in [3.05, 3.63) is 47.8 Å². The molecule has 0 bridgehead atoms. The van der Waals surface area contributed by atoms with E-state index in [9.17, 15) is 31.1 Å². The predicted molar refractivity (Wildman–Crippen MR) is 92.6 cm³/mol. The van der Waals surface area contributed by atoms with Crippen LogP contribution in [0.1, 0.15) is 22.3 Å². The van der Waals surface area contributed by atoms with Gasteiger partial charge in [0.25, 0.3) is 0 Å². The van der Waals surface area contributed by atoms with Gasteiger partial charge >= 0.3 is 18.5 Å². The summed E-state index contributed by atoms with van der Waals surface area (Å²) in [6.07, 6.45) is -8.01. The molecule has 0 saturated carbocycles. The van der Waals surface area contributed by atoms with E-state index in [1.54, 1.807) is 0 Å². The van der Waals surface area contributed by atoms with Gasteiger partial charge in [-0.25, -0.2) is 14.8 Å². The first kappa shape index (κ1) is 22.6. The van der Waals surface area contributed by atoms with Gasteiger partial charge in [-0.2, -0.15) is 13.2 Å². The van der Waals surface area contributed by atoms with Crippen LogP contribution in [0.15, 0.2) is 36.7 Å². The maximum atomic E-state index is 12.7. The van der Waals surface area contributed by atoms with Crippen LogP contribution in [0, 0.1) is 0 Å². The number of aromatic carboxylic acids is 1. The van der Waals surface area contributed by atoms with E-state index in [-0.39, 0.29) is 30.2 Å². The molecule has 1 saturated heterocycles. The summed E-state index contributed by atoms with van der Waals surface area (Å²) in [6.45, 7) is -0.750. The third-order valence-corrected chi connectivity index (χ3v) is 4.44. The van der Waals surface area contributed by atoms with Crippen molar-refractivity contribution in [3.8, 4) is 5.75 Å². The maximum Gasteiger partial charge on any atom is 0.522 e. The topological polar surface area (TPSA) is 84.8 Å². The van der Waals surface area contributed by atoms with E-state index >= 15 is 0 Å². The second kappa shape index (κ2) is 8.57. The number of carbonyl (C=O) groups is 1. The fourth-order valence-electron chi connectivity index (χ4n) is 3.05. The minimum atomic E-state index is -4.87. The Balaban J connectivity index is 1.74. The van der Waals surface area contributed by atoms with E-state index in [0.717, 1.165) is 36.7 Å². The molecular weight excluding hydrogens is 436 g/mol. The first-order valence-corrected chi connectivity index (χ1v) is 8.79. The number of hydrogen-bond donors (Lipinski definition) is 1. The van der Waals surface area contributed by atoms with Gasteiger partial charge in [0.1, 0.15) is 11.9 Å². The van der Waals surface area contributed by atoms with E-state index in [2.05, 4.69) is 14.7 Å². The summed E-state index contributed by atoms with van der Waals surface area (Å²) >= 11 is 0. The van der Waals surface area contributed by atoms with Crippen LogP contribution in [0.25, 0.3) is 0 Å². The minimum Gasteiger partial charge on any atom is -0.489 e. The lowest BCUT2D eigenvalue weighted by Gasteiger charge is -2.24. The van der Waals surface area contributed by atoms with Crippen molar-refractivity contribution < 1.29 is 45.7 Å². The lowest BCUT2D eigenvalue weighted by Crippen LogP contribution is -2.36. The second-order valence-electron chi connectivity index (χ2n) is 6.64. The largest absolute Gasteiger partial charge is 0.522 e. The summed E-state index contributed by atoms with van der Waals surface area (Å²) in [6, 6.07) is 3.03. The average Bonchev–Trinajstić information content (AvgIpc) is 3.08. The van der Waals surface area contributed by atoms with Gasteiger partial charge in [-0.05, 0) is 24.3 Å². The van der Waals surface area contributed by atoms with E-state index in [4.69, 9.17) is 9.84 Å². The number of carboxylic acid groups (broad SMARTS) is 1. The van der Waals surface area contributed by atoms with Crippen LogP contribution in [0.4, 0.5) is 32.3 Å². The van der Waals surface area contributed by atoms with Crippen LogP contribution in [0.3, 0.4) is 0 Å². The van der Waals surface area contributed by atoms with Crippen LogP contribution < -0.4 is 9.64 Å². The van der Waals surface area contributed by atoms with Crippen LogP contribution in [0.5, 0.6) is 5.75 Å². The molecule has 1 aliphatic heterocycles. The van der Waals surface area contributed by atoms with Crippen molar-refractivity contribution >= 4 is 11.9 Å². The molecule has 1 aliphatic rings. The monoisotopic (exact) mass is 451 g/mol. The zero-order chi connectivity index (χ0) is 22.8. The van der Waals surface area contributed by atoms with Crippen LogP contribution in [-0.4, -0.2) is 52.7 Å². The molecule has 168 valence electrons. The van der Waals surface area contributed by atoms with Gasteiger partial charge in [0.05, 0.1) is 30.3 Å². The second-order valence-corrected chi connectivity index (χ2v) is 6.64. The van der Waals surface area contributed by atoms with Crippen molar-refractivity contribution in [1.29, 1.82) is 0 Å². The Morgan fingerprint density at radius 2 is 1.71 bits per heavy atom. The smallest absolute Gasteiger partial charge is 0.489 e. The highest BCUT2D eigenvalue weighted by molar-refractivity contribution is 5.86. The van der Waals surface area contributed by atoms with Crippen molar-refractivity contribution in [2.75, 3.05) is 18.1 Å². The molecule has 0 radical (unpaired) electrons. The third-order valence-electron chi connectivity index (χ3n) is 4.44. The fourth-order valence-corrected chi connectivity index (χ4v) is 3.05. The van der Waals surface area contributed by atoms with Crippen LogP contribution >= 0.6 is 0 Å². The van der Waals surface area contributed by atoms with Gasteiger partial charge in [0.15, 0.2) is 0 Å². The Bertz CT molecular complexity index is 902. The van der Waals surface area contributed by atoms with Gasteiger partial charge in [0, 0.05) is 18.8 Å². The number of halogens is 6. The Hall–Kier alpha value is -3.09. The summed E-state index contributed by atoms with van der Waals surface area (Å²) in [7, 11) is 0. The quantitative estimate of drug-likeness (QED) is 0.670. The molecule has 0 amide bonds. The number of hydrogen-bond acceptors (Lipinski definition) is 6. The third kappa shape index (κ3) is 5.96. The van der Waals surface area contributed by atoms with Gasteiger partial charge in [0.2, 0.25) is 5.95 Å². The van der Waals surface area contributed by atoms with E-state index in [1.807, 2.05) is 0 Å². The summed E-state index contributed by atoms with van der Waals surface area (Å²) in [5.41, 5.74) is -1.07. The fraction of sp³-hybridized carbons (Fsp3) is 0.389. The molecule has 0 aliphatic carbocycles. The first-order valence-electron chi connectivity index (χ1n) is 8.79. The molecule has 3 rings (SSSR count).